The van der Waals surface area contributed by atoms with Crippen LogP contribution in [-0.2, 0) is 6.42 Å². The zero-order valence-corrected chi connectivity index (χ0v) is 14.4. The number of hydrogen-bond acceptors (Lipinski definition) is 1. The molecule has 1 saturated carbocycles. The summed E-state index contributed by atoms with van der Waals surface area (Å²) in [5, 5.41) is 0. The minimum atomic E-state index is -4.81. The lowest BCUT2D eigenvalue weighted by Gasteiger charge is -2.31. The van der Waals surface area contributed by atoms with Crippen LogP contribution in [0.2, 0.25) is 0 Å². The van der Waals surface area contributed by atoms with Gasteiger partial charge in [0, 0.05) is 5.56 Å². The van der Waals surface area contributed by atoms with Gasteiger partial charge in [0.15, 0.2) is 0 Å². The highest BCUT2D eigenvalue weighted by Crippen LogP contribution is 2.36. The first-order chi connectivity index (χ1) is 11.3. The maximum absolute atomic E-state index is 12.6. The highest BCUT2D eigenvalue weighted by atomic mass is 19.4. The minimum absolute atomic E-state index is 0.108. The molecule has 1 aromatic rings. The highest BCUT2D eigenvalue weighted by molar-refractivity contribution is 6.00. The van der Waals surface area contributed by atoms with Crippen LogP contribution in [-0.4, -0.2) is 12.0 Å². The van der Waals surface area contributed by atoms with Crippen molar-refractivity contribution in [2.75, 3.05) is 0 Å². The zero-order valence-electron chi connectivity index (χ0n) is 14.4. The van der Waals surface area contributed by atoms with Crippen molar-refractivity contribution in [3.8, 4) is 0 Å². The van der Waals surface area contributed by atoms with Gasteiger partial charge in [0.1, 0.15) is 0 Å². The third kappa shape index (κ3) is 5.64. The number of Topliss-reactive ketones (excluding diaryl/α,β-unsaturated/α-hetero) is 1. The summed E-state index contributed by atoms with van der Waals surface area (Å²) in [7, 11) is 0. The molecule has 1 nitrogen and oxygen atoms in total. The van der Waals surface area contributed by atoms with E-state index in [1.807, 2.05) is 6.07 Å². The summed E-state index contributed by atoms with van der Waals surface area (Å²) in [6.07, 6.45) is 6.86. The third-order valence-corrected chi connectivity index (χ3v) is 5.14. The second-order valence-electron chi connectivity index (χ2n) is 7.49. The lowest BCUT2D eigenvalue weighted by molar-refractivity contribution is -0.0885. The van der Waals surface area contributed by atoms with Gasteiger partial charge in [-0.3, -0.25) is 4.79 Å². The third-order valence-electron chi connectivity index (χ3n) is 5.14. The molecule has 2 rings (SSSR count). The van der Waals surface area contributed by atoms with Crippen molar-refractivity contribution in [3.63, 3.8) is 0 Å². The number of alkyl halides is 3. The van der Waals surface area contributed by atoms with Gasteiger partial charge >= 0.3 is 6.18 Å². The first kappa shape index (κ1) is 19.0. The molecule has 134 valence electrons. The largest absolute Gasteiger partial charge is 0.454 e. The zero-order chi connectivity index (χ0) is 17.6. The van der Waals surface area contributed by atoms with E-state index in [2.05, 4.69) is 6.92 Å². The van der Waals surface area contributed by atoms with Gasteiger partial charge in [-0.25, -0.2) is 0 Å². The van der Waals surface area contributed by atoms with E-state index in [9.17, 15) is 18.0 Å². The molecule has 0 heterocycles. The summed E-state index contributed by atoms with van der Waals surface area (Å²) >= 11 is 0. The fourth-order valence-electron chi connectivity index (χ4n) is 3.77. The molecule has 1 aliphatic rings. The quantitative estimate of drug-likeness (QED) is 0.574. The Kier molecular flexibility index (Phi) is 6.47. The van der Waals surface area contributed by atoms with Crippen LogP contribution in [0.3, 0.4) is 0 Å². The van der Waals surface area contributed by atoms with Gasteiger partial charge in [-0.15, -0.1) is 0 Å². The Morgan fingerprint density at radius 3 is 2.08 bits per heavy atom. The van der Waals surface area contributed by atoms with Gasteiger partial charge in [0.2, 0.25) is 0 Å². The smallest absolute Gasteiger partial charge is 0.284 e. The van der Waals surface area contributed by atoms with Crippen molar-refractivity contribution in [3.05, 3.63) is 35.4 Å². The first-order valence-corrected chi connectivity index (χ1v) is 9.01. The molecule has 0 bridgehead atoms. The van der Waals surface area contributed by atoms with Crippen molar-refractivity contribution in [1.82, 2.24) is 0 Å². The van der Waals surface area contributed by atoms with Gasteiger partial charge in [-0.2, -0.15) is 13.2 Å². The van der Waals surface area contributed by atoms with Crippen molar-refractivity contribution in [2.45, 2.75) is 77.3 Å². The molecule has 0 amide bonds. The number of carbonyl (C=O) groups excluding carboxylic acids is 1. The van der Waals surface area contributed by atoms with Gasteiger partial charge in [0.25, 0.3) is 5.78 Å². The van der Waals surface area contributed by atoms with Crippen LogP contribution in [0.15, 0.2) is 24.3 Å². The van der Waals surface area contributed by atoms with Crippen LogP contribution in [0, 0.1) is 5.41 Å². The fourth-order valence-corrected chi connectivity index (χ4v) is 3.77. The van der Waals surface area contributed by atoms with Crippen LogP contribution >= 0.6 is 0 Å². The predicted molar refractivity (Wildman–Crippen MR) is 90.2 cm³/mol. The fraction of sp³-hybridized carbons (Fsp3) is 0.650. The van der Waals surface area contributed by atoms with Crippen molar-refractivity contribution >= 4 is 5.78 Å². The summed E-state index contributed by atoms with van der Waals surface area (Å²) in [5.41, 5.74) is 0.699. The Labute approximate surface area is 142 Å². The monoisotopic (exact) mass is 340 g/mol. The molecule has 4 heteroatoms. The Morgan fingerprint density at radius 1 is 1.00 bits per heavy atom. The lowest BCUT2D eigenvalue weighted by atomic mass is 9.74. The molecule has 0 unspecified atom stereocenters. The first-order valence-electron chi connectivity index (χ1n) is 9.01. The molecular formula is C20H27F3O. The van der Waals surface area contributed by atoms with Gasteiger partial charge in [-0.05, 0) is 36.3 Å². The van der Waals surface area contributed by atoms with E-state index >= 15 is 0 Å². The molecule has 0 saturated heterocycles. The molecule has 1 aromatic carbocycles. The maximum Gasteiger partial charge on any atom is 0.454 e. The Hall–Kier alpha value is -1.32. The summed E-state index contributed by atoms with van der Waals surface area (Å²) in [5.74, 6) is -1.75. The summed E-state index contributed by atoms with van der Waals surface area (Å²) in [4.78, 5) is 11.4. The van der Waals surface area contributed by atoms with Crippen LogP contribution in [0.4, 0.5) is 13.2 Å². The van der Waals surface area contributed by atoms with Gasteiger partial charge in [0.05, 0.1) is 0 Å². The van der Waals surface area contributed by atoms with Crippen molar-refractivity contribution in [2.24, 2.45) is 5.41 Å². The van der Waals surface area contributed by atoms with Crippen LogP contribution < -0.4 is 0 Å². The molecule has 0 aliphatic heterocycles. The van der Waals surface area contributed by atoms with Crippen LogP contribution in [0.5, 0.6) is 0 Å². The molecule has 24 heavy (non-hydrogen) atoms. The molecule has 0 atom stereocenters. The molecule has 0 aromatic heterocycles. The average Bonchev–Trinajstić information content (AvgIpc) is 2.52. The SMILES string of the molecule is CC1(Cc2cccc(C(=O)C(F)(F)F)c2)CCCCCCCCC1. The second kappa shape index (κ2) is 8.17. The number of benzene rings is 1. The standard InChI is InChI=1S/C20H27F3O/c1-19(12-7-5-3-2-4-6-8-13-19)15-16-10-9-11-17(14-16)18(24)20(21,22)23/h9-11,14H,2-8,12-13,15H2,1H3. The van der Waals surface area contributed by atoms with E-state index in [4.69, 9.17) is 0 Å². The molecule has 0 N–H and O–H groups in total. The maximum atomic E-state index is 12.6. The normalized spacial score (nSPS) is 19.7. The lowest BCUT2D eigenvalue weighted by Crippen LogP contribution is -2.23. The minimum Gasteiger partial charge on any atom is -0.284 e. The highest BCUT2D eigenvalue weighted by Gasteiger charge is 2.39. The van der Waals surface area contributed by atoms with E-state index in [1.54, 1.807) is 6.07 Å². The predicted octanol–water partition coefficient (Wildman–Crippen LogP) is 6.50. The number of halogens is 3. The Morgan fingerprint density at radius 2 is 1.54 bits per heavy atom. The second-order valence-corrected chi connectivity index (χ2v) is 7.49. The van der Waals surface area contributed by atoms with Gasteiger partial charge in [-0.1, -0.05) is 70.1 Å². The van der Waals surface area contributed by atoms with E-state index < -0.39 is 12.0 Å². The summed E-state index contributed by atoms with van der Waals surface area (Å²) < 4.78 is 37.9. The van der Waals surface area contributed by atoms with Crippen molar-refractivity contribution < 1.29 is 18.0 Å². The number of rotatable bonds is 3. The number of hydrogen-bond donors (Lipinski definition) is 0. The van der Waals surface area contributed by atoms with E-state index in [1.165, 1.54) is 57.1 Å². The number of carbonyl (C=O) groups is 1. The van der Waals surface area contributed by atoms with E-state index in [0.717, 1.165) is 24.8 Å². The molecule has 0 spiro atoms. The molecule has 0 radical (unpaired) electrons. The molecular weight excluding hydrogens is 313 g/mol. The molecule has 1 aliphatic carbocycles. The Balaban J connectivity index is 2.11. The Bertz CT molecular complexity index is 538. The topological polar surface area (TPSA) is 17.1 Å². The summed E-state index contributed by atoms with van der Waals surface area (Å²) in [6, 6.07) is 6.10. The van der Waals surface area contributed by atoms with Gasteiger partial charge < -0.3 is 0 Å². The average molecular weight is 340 g/mol. The van der Waals surface area contributed by atoms with Crippen molar-refractivity contribution in [1.29, 1.82) is 0 Å². The van der Waals surface area contributed by atoms with Crippen LogP contribution in [0.25, 0.3) is 0 Å². The number of ketones is 1. The van der Waals surface area contributed by atoms with Crippen LogP contribution in [0.1, 0.15) is 80.6 Å². The van der Waals surface area contributed by atoms with E-state index in [0.29, 0.717) is 0 Å². The van der Waals surface area contributed by atoms with E-state index in [-0.39, 0.29) is 11.0 Å². The molecule has 1 fully saturated rings. The summed E-state index contributed by atoms with van der Waals surface area (Å²) in [6.45, 7) is 2.24.